The summed E-state index contributed by atoms with van der Waals surface area (Å²) >= 11 is 0. The Morgan fingerprint density at radius 3 is 2.60 bits per heavy atom. The lowest BCUT2D eigenvalue weighted by Crippen LogP contribution is -2.26. The van der Waals surface area contributed by atoms with Gasteiger partial charge in [-0.15, -0.1) is 0 Å². The van der Waals surface area contributed by atoms with Gasteiger partial charge in [0.2, 0.25) is 10.9 Å². The first-order valence-electron chi connectivity index (χ1n) is 3.72. The molecule has 15 heavy (non-hydrogen) atoms. The van der Waals surface area contributed by atoms with Gasteiger partial charge in [-0.3, -0.25) is 19.3 Å². The van der Waals surface area contributed by atoms with E-state index in [0.29, 0.717) is 0 Å². The Morgan fingerprint density at radius 1 is 1.40 bits per heavy atom. The van der Waals surface area contributed by atoms with Gasteiger partial charge in [0.25, 0.3) is 11.8 Å². The van der Waals surface area contributed by atoms with Gasteiger partial charge in [-0.2, -0.15) is 0 Å². The maximum Gasteiger partial charge on any atom is 0.268 e. The number of carbonyl (C=O) groups is 2. The number of nitrogens with two attached hydrogens (primary N) is 1. The van der Waals surface area contributed by atoms with Crippen LogP contribution in [0.2, 0.25) is 0 Å². The number of pyridine rings is 1. The number of hydrogen-bond donors (Lipinski definition) is 3. The number of aromatic nitrogens is 1. The van der Waals surface area contributed by atoms with Gasteiger partial charge in [-0.1, -0.05) is 0 Å². The molecule has 0 aliphatic rings. The Morgan fingerprint density at radius 2 is 2.07 bits per heavy atom. The minimum Gasteiger partial charge on any atom is -0.364 e. The molecule has 0 saturated carbocycles. The SMILES string of the molecule is NC(=O)c1ncccc1C(=O)N[SH](=O)=O. The summed E-state index contributed by atoms with van der Waals surface area (Å²) < 4.78 is 22.1. The third-order valence-corrected chi connectivity index (χ3v) is 1.86. The molecule has 0 saturated heterocycles. The summed E-state index contributed by atoms with van der Waals surface area (Å²) in [4.78, 5) is 25.7. The van der Waals surface area contributed by atoms with Crippen LogP contribution in [0.25, 0.3) is 0 Å². The van der Waals surface area contributed by atoms with E-state index in [2.05, 4.69) is 4.98 Å². The van der Waals surface area contributed by atoms with Crippen LogP contribution in [-0.2, 0) is 10.9 Å². The van der Waals surface area contributed by atoms with Gasteiger partial charge in [0, 0.05) is 6.20 Å². The normalized spacial score (nSPS) is 9.93. The van der Waals surface area contributed by atoms with Crippen LogP contribution in [-0.4, -0.2) is 25.2 Å². The van der Waals surface area contributed by atoms with E-state index >= 15 is 0 Å². The van der Waals surface area contributed by atoms with Crippen LogP contribution in [0, 0.1) is 0 Å². The average molecular weight is 229 g/mol. The van der Waals surface area contributed by atoms with Gasteiger partial charge in [0.1, 0.15) is 5.69 Å². The summed E-state index contributed by atoms with van der Waals surface area (Å²) in [5.41, 5.74) is 4.50. The van der Waals surface area contributed by atoms with Crippen molar-refractivity contribution < 1.29 is 18.0 Å². The van der Waals surface area contributed by atoms with Crippen molar-refractivity contribution in [1.29, 1.82) is 0 Å². The van der Waals surface area contributed by atoms with Crippen molar-refractivity contribution >= 4 is 22.7 Å². The molecule has 2 amide bonds. The summed E-state index contributed by atoms with van der Waals surface area (Å²) in [7, 11) is -3.07. The van der Waals surface area contributed by atoms with E-state index < -0.39 is 22.7 Å². The summed E-state index contributed by atoms with van der Waals surface area (Å²) in [5, 5.41) is 0. The zero-order valence-corrected chi connectivity index (χ0v) is 8.23. The molecule has 0 unspecified atom stereocenters. The lowest BCUT2D eigenvalue weighted by molar-refractivity contribution is 0.0953. The van der Waals surface area contributed by atoms with E-state index in [4.69, 9.17) is 5.73 Å². The Kier molecular flexibility index (Phi) is 3.34. The summed E-state index contributed by atoms with van der Waals surface area (Å²) in [6, 6.07) is 2.64. The highest BCUT2D eigenvalue weighted by molar-refractivity contribution is 7.71. The van der Waals surface area contributed by atoms with E-state index in [1.54, 1.807) is 4.72 Å². The fourth-order valence-electron chi connectivity index (χ4n) is 0.928. The minimum atomic E-state index is -3.07. The predicted octanol–water partition coefficient (Wildman–Crippen LogP) is -1.56. The lowest BCUT2D eigenvalue weighted by atomic mass is 10.2. The molecule has 0 radical (unpaired) electrons. The molecule has 80 valence electrons. The van der Waals surface area contributed by atoms with Gasteiger partial charge >= 0.3 is 0 Å². The Bertz CT molecular complexity index is 475. The van der Waals surface area contributed by atoms with Crippen LogP contribution in [0.15, 0.2) is 18.3 Å². The molecule has 8 heteroatoms. The van der Waals surface area contributed by atoms with Crippen molar-refractivity contribution in [2.24, 2.45) is 5.73 Å². The molecule has 1 heterocycles. The van der Waals surface area contributed by atoms with Crippen LogP contribution in [0.5, 0.6) is 0 Å². The first kappa shape index (κ1) is 11.1. The van der Waals surface area contributed by atoms with Gasteiger partial charge < -0.3 is 5.73 Å². The van der Waals surface area contributed by atoms with Gasteiger partial charge in [-0.05, 0) is 12.1 Å². The van der Waals surface area contributed by atoms with Crippen molar-refractivity contribution in [2.45, 2.75) is 0 Å². The fourth-order valence-corrected chi connectivity index (χ4v) is 1.21. The smallest absolute Gasteiger partial charge is 0.268 e. The number of hydrogen-bond acceptors (Lipinski definition) is 5. The maximum absolute atomic E-state index is 11.2. The second-order valence-corrected chi connectivity index (χ2v) is 3.20. The number of nitrogens with one attached hydrogen (secondary N) is 1. The van der Waals surface area contributed by atoms with Crippen molar-refractivity contribution in [3.63, 3.8) is 0 Å². The minimum absolute atomic E-state index is 0.177. The number of primary amides is 1. The van der Waals surface area contributed by atoms with Crippen molar-refractivity contribution in [2.75, 3.05) is 0 Å². The molecule has 0 bridgehead atoms. The van der Waals surface area contributed by atoms with Crippen LogP contribution in [0.1, 0.15) is 20.8 Å². The first-order chi connectivity index (χ1) is 7.02. The highest BCUT2D eigenvalue weighted by Gasteiger charge is 2.15. The monoisotopic (exact) mass is 229 g/mol. The molecule has 0 fully saturated rings. The molecule has 3 N–H and O–H groups in total. The number of carbonyl (C=O) groups excluding carboxylic acids is 2. The predicted molar refractivity (Wildman–Crippen MR) is 50.5 cm³/mol. The van der Waals surface area contributed by atoms with Crippen molar-refractivity contribution in [3.8, 4) is 0 Å². The number of amides is 2. The van der Waals surface area contributed by atoms with Gasteiger partial charge in [-0.25, -0.2) is 8.42 Å². The molecule has 0 aromatic carbocycles. The van der Waals surface area contributed by atoms with Gasteiger partial charge in [0.05, 0.1) is 5.56 Å². The molecule has 0 spiro atoms. The van der Waals surface area contributed by atoms with E-state index in [0.717, 1.165) is 0 Å². The lowest BCUT2D eigenvalue weighted by Gasteiger charge is -2.02. The van der Waals surface area contributed by atoms with Crippen molar-refractivity contribution in [1.82, 2.24) is 9.71 Å². The largest absolute Gasteiger partial charge is 0.364 e. The van der Waals surface area contributed by atoms with Crippen LogP contribution < -0.4 is 10.5 Å². The van der Waals surface area contributed by atoms with E-state index in [1.807, 2.05) is 0 Å². The number of thiol groups is 1. The summed E-state index contributed by atoms with van der Waals surface area (Å²) in [6.07, 6.45) is 1.27. The van der Waals surface area contributed by atoms with E-state index in [1.165, 1.54) is 18.3 Å². The van der Waals surface area contributed by atoms with Gasteiger partial charge in [0.15, 0.2) is 0 Å². The van der Waals surface area contributed by atoms with E-state index in [-0.39, 0.29) is 11.3 Å². The van der Waals surface area contributed by atoms with Crippen LogP contribution in [0.4, 0.5) is 0 Å². The molecule has 1 aromatic rings. The zero-order valence-electron chi connectivity index (χ0n) is 7.34. The van der Waals surface area contributed by atoms with E-state index in [9.17, 15) is 18.0 Å². The topological polar surface area (TPSA) is 119 Å². The maximum atomic E-state index is 11.2. The molecule has 0 aliphatic carbocycles. The number of nitrogens with zero attached hydrogens (tertiary/aromatic N) is 1. The highest BCUT2D eigenvalue weighted by Crippen LogP contribution is 2.03. The standard InChI is InChI=1S/C7H7N3O4S/c8-6(11)5-4(2-1-3-9-5)7(12)10-15(13)14/h1-3,15H,(H2,8,11)(H,10,12,13,14). The molecule has 7 nitrogen and oxygen atoms in total. The molecular weight excluding hydrogens is 222 g/mol. The molecule has 1 rings (SSSR count). The van der Waals surface area contributed by atoms with Crippen LogP contribution >= 0.6 is 0 Å². The Labute approximate surface area is 86.4 Å². The Balaban J connectivity index is 3.13. The third kappa shape index (κ3) is 2.74. The average Bonchev–Trinajstić information content (AvgIpc) is 2.16. The molecule has 0 atom stereocenters. The summed E-state index contributed by atoms with van der Waals surface area (Å²) in [6.45, 7) is 0. The zero-order chi connectivity index (χ0) is 11.4. The quantitative estimate of drug-likeness (QED) is 0.541. The fraction of sp³-hybridized carbons (Fsp3) is 0. The molecule has 0 aliphatic heterocycles. The second kappa shape index (κ2) is 4.51. The number of rotatable bonds is 3. The highest BCUT2D eigenvalue weighted by atomic mass is 32.2. The molecular formula is C7H7N3O4S. The van der Waals surface area contributed by atoms with Crippen LogP contribution in [0.3, 0.4) is 0 Å². The summed E-state index contributed by atoms with van der Waals surface area (Å²) in [5.74, 6) is -1.84. The second-order valence-electron chi connectivity index (χ2n) is 2.46. The molecule has 1 aromatic heterocycles. The van der Waals surface area contributed by atoms with Crippen molar-refractivity contribution in [3.05, 3.63) is 29.6 Å². The first-order valence-corrected chi connectivity index (χ1v) is 4.90. The Hall–Kier alpha value is -1.96. The third-order valence-electron chi connectivity index (χ3n) is 1.48.